The van der Waals surface area contributed by atoms with Crippen molar-refractivity contribution in [1.29, 1.82) is 0 Å². The third-order valence-corrected chi connectivity index (χ3v) is 5.31. The summed E-state index contributed by atoms with van der Waals surface area (Å²) in [7, 11) is 0. The predicted octanol–water partition coefficient (Wildman–Crippen LogP) is 5.03. The van der Waals surface area contributed by atoms with Gasteiger partial charge in [-0.25, -0.2) is 4.79 Å². The fourth-order valence-electron chi connectivity index (χ4n) is 4.25. The molecule has 3 rings (SSSR count). The highest BCUT2D eigenvalue weighted by Gasteiger charge is 2.44. The van der Waals surface area contributed by atoms with Crippen LogP contribution in [0.3, 0.4) is 0 Å². The fraction of sp³-hybridized carbons (Fsp3) is 0.611. The Bertz CT molecular complexity index is 499. The molecule has 22 heavy (non-hydrogen) atoms. The van der Waals surface area contributed by atoms with E-state index in [1.54, 1.807) is 0 Å². The Morgan fingerprint density at radius 2 is 1.82 bits per heavy atom. The van der Waals surface area contributed by atoms with E-state index in [9.17, 15) is 4.79 Å². The maximum Gasteiger partial charge on any atom is 0.405 e. The van der Waals surface area contributed by atoms with Crippen molar-refractivity contribution in [2.75, 3.05) is 6.54 Å². The van der Waals surface area contributed by atoms with Crippen LogP contribution >= 0.6 is 11.6 Å². The molecular weight excluding hydrogens is 298 g/mol. The Balaban J connectivity index is 1.95. The number of ether oxygens (including phenoxy) is 1. The summed E-state index contributed by atoms with van der Waals surface area (Å²) in [6.07, 6.45) is 8.97. The highest BCUT2D eigenvalue weighted by atomic mass is 35.5. The molecule has 1 aliphatic heterocycles. The van der Waals surface area contributed by atoms with Crippen LogP contribution in [-0.2, 0) is 10.3 Å². The van der Waals surface area contributed by atoms with E-state index in [2.05, 4.69) is 35.2 Å². The highest BCUT2D eigenvalue weighted by Crippen LogP contribution is 2.45. The van der Waals surface area contributed by atoms with Crippen LogP contribution in [0.25, 0.3) is 0 Å². The van der Waals surface area contributed by atoms with Crippen molar-refractivity contribution in [2.24, 2.45) is 0 Å². The molecule has 0 amide bonds. The molecule has 3 nitrogen and oxygen atoms in total. The molecule has 0 radical (unpaired) electrons. The molecule has 1 aromatic rings. The summed E-state index contributed by atoms with van der Waals surface area (Å²) in [4.78, 5) is 13.7. The summed E-state index contributed by atoms with van der Waals surface area (Å²) in [5.41, 5.74) is 0.667. The second-order valence-electron chi connectivity index (χ2n) is 6.46. The number of carbonyl (C=O) groups is 1. The largest absolute Gasteiger partial charge is 0.434 e. The van der Waals surface area contributed by atoms with Crippen LogP contribution in [0.5, 0.6) is 0 Å². The van der Waals surface area contributed by atoms with Gasteiger partial charge in [0.25, 0.3) is 0 Å². The highest BCUT2D eigenvalue weighted by molar-refractivity contribution is 6.61. The lowest BCUT2D eigenvalue weighted by Crippen LogP contribution is -2.55. The molecule has 120 valence electrons. The molecule has 0 bridgehead atoms. The molecule has 4 heteroatoms. The molecule has 2 fully saturated rings. The lowest BCUT2D eigenvalue weighted by Gasteiger charge is -2.51. The Morgan fingerprint density at radius 1 is 1.09 bits per heavy atom. The van der Waals surface area contributed by atoms with Crippen molar-refractivity contribution in [3.63, 3.8) is 0 Å². The fourth-order valence-corrected chi connectivity index (χ4v) is 4.35. The second kappa shape index (κ2) is 7.01. The third kappa shape index (κ3) is 3.16. The van der Waals surface area contributed by atoms with Gasteiger partial charge >= 0.3 is 5.43 Å². The first kappa shape index (κ1) is 15.8. The van der Waals surface area contributed by atoms with Gasteiger partial charge in [-0.15, -0.1) is 0 Å². The molecule has 1 aromatic carbocycles. The monoisotopic (exact) mass is 321 g/mol. The van der Waals surface area contributed by atoms with Crippen molar-refractivity contribution >= 4 is 17.0 Å². The molecule has 1 unspecified atom stereocenters. The van der Waals surface area contributed by atoms with Crippen LogP contribution in [0.1, 0.15) is 56.9 Å². The van der Waals surface area contributed by atoms with Crippen LogP contribution in [0.2, 0.25) is 0 Å². The van der Waals surface area contributed by atoms with Gasteiger partial charge in [-0.1, -0.05) is 49.6 Å². The van der Waals surface area contributed by atoms with Gasteiger partial charge in [-0.05, 0) is 37.7 Å². The van der Waals surface area contributed by atoms with Gasteiger partial charge in [0.1, 0.15) is 0 Å². The number of hydrogen-bond donors (Lipinski definition) is 0. The first-order chi connectivity index (χ1) is 10.7. The zero-order valence-corrected chi connectivity index (χ0v) is 13.7. The number of carbonyl (C=O) groups excluding carboxylic acids is 1. The topological polar surface area (TPSA) is 29.5 Å². The van der Waals surface area contributed by atoms with Gasteiger partial charge in [-0.3, -0.25) is 4.90 Å². The molecule has 0 aromatic heterocycles. The number of benzene rings is 1. The summed E-state index contributed by atoms with van der Waals surface area (Å²) in [5.74, 6) is 0. The van der Waals surface area contributed by atoms with Crippen molar-refractivity contribution in [3.05, 3.63) is 35.9 Å². The summed E-state index contributed by atoms with van der Waals surface area (Å²) in [6, 6.07) is 10.7. The van der Waals surface area contributed by atoms with Crippen LogP contribution in [0, 0.1) is 0 Å². The molecule has 0 N–H and O–H groups in total. The smallest absolute Gasteiger partial charge is 0.405 e. The lowest BCUT2D eigenvalue weighted by molar-refractivity contribution is -0.106. The molecule has 1 atom stereocenters. The summed E-state index contributed by atoms with van der Waals surface area (Å²) in [5, 5.41) is 0. The minimum Gasteiger partial charge on any atom is -0.434 e. The zero-order valence-electron chi connectivity index (χ0n) is 13.0. The standard InChI is InChI=1S/C18H24ClNO2/c19-17(21)22-16-11-5-8-14-20(16)18(12-6-2-7-13-18)15-9-3-1-4-10-15/h1,3-4,9-10,16H,2,5-8,11-14H2. The van der Waals surface area contributed by atoms with Gasteiger partial charge in [0, 0.05) is 23.7 Å². The molecular formula is C18H24ClNO2. The minimum atomic E-state index is -0.684. The van der Waals surface area contributed by atoms with Gasteiger partial charge in [0.2, 0.25) is 0 Å². The Hall–Kier alpha value is -1.06. The Labute approximate surface area is 137 Å². The summed E-state index contributed by atoms with van der Waals surface area (Å²) < 4.78 is 5.46. The van der Waals surface area contributed by atoms with E-state index >= 15 is 0 Å². The second-order valence-corrected chi connectivity index (χ2v) is 6.77. The van der Waals surface area contributed by atoms with Crippen molar-refractivity contribution < 1.29 is 9.53 Å². The van der Waals surface area contributed by atoms with E-state index in [1.165, 1.54) is 24.8 Å². The maximum absolute atomic E-state index is 11.3. The van der Waals surface area contributed by atoms with Crippen molar-refractivity contribution in [2.45, 2.75) is 63.1 Å². The lowest BCUT2D eigenvalue weighted by atomic mass is 9.74. The van der Waals surface area contributed by atoms with Gasteiger partial charge in [0.05, 0.1) is 0 Å². The van der Waals surface area contributed by atoms with E-state index < -0.39 is 5.43 Å². The number of piperidine rings is 1. The average Bonchev–Trinajstić information content (AvgIpc) is 2.56. The maximum atomic E-state index is 11.3. The van der Waals surface area contributed by atoms with E-state index in [0.29, 0.717) is 0 Å². The van der Waals surface area contributed by atoms with Gasteiger partial charge in [-0.2, -0.15) is 0 Å². The Morgan fingerprint density at radius 3 is 2.50 bits per heavy atom. The zero-order chi connectivity index (χ0) is 15.4. The van der Waals surface area contributed by atoms with Gasteiger partial charge < -0.3 is 4.74 Å². The number of rotatable bonds is 3. The first-order valence-corrected chi connectivity index (χ1v) is 8.78. The SMILES string of the molecule is O=C(Cl)OC1CCCCN1C1(c2ccccc2)CCCCC1. The predicted molar refractivity (Wildman–Crippen MR) is 87.9 cm³/mol. The molecule has 1 aliphatic carbocycles. The number of nitrogens with zero attached hydrogens (tertiary/aromatic N) is 1. The number of likely N-dealkylation sites (tertiary alicyclic amines) is 1. The molecule has 0 spiro atoms. The Kier molecular flexibility index (Phi) is 5.04. The normalized spacial score (nSPS) is 25.6. The van der Waals surface area contributed by atoms with Crippen LogP contribution in [-0.4, -0.2) is 23.1 Å². The third-order valence-electron chi connectivity index (χ3n) is 5.22. The summed E-state index contributed by atoms with van der Waals surface area (Å²) >= 11 is 5.52. The van der Waals surface area contributed by atoms with Crippen LogP contribution < -0.4 is 0 Å². The first-order valence-electron chi connectivity index (χ1n) is 8.41. The van der Waals surface area contributed by atoms with E-state index in [0.717, 1.165) is 38.6 Å². The van der Waals surface area contributed by atoms with Crippen LogP contribution in [0.4, 0.5) is 4.79 Å². The van der Waals surface area contributed by atoms with Crippen LogP contribution in [0.15, 0.2) is 30.3 Å². The van der Waals surface area contributed by atoms with Crippen molar-refractivity contribution in [3.8, 4) is 0 Å². The van der Waals surface area contributed by atoms with E-state index in [-0.39, 0.29) is 11.8 Å². The molecule has 1 heterocycles. The minimum absolute atomic E-state index is 0.00304. The van der Waals surface area contributed by atoms with Crippen molar-refractivity contribution in [1.82, 2.24) is 4.90 Å². The number of hydrogen-bond acceptors (Lipinski definition) is 3. The molecule has 1 saturated heterocycles. The summed E-state index contributed by atoms with van der Waals surface area (Å²) in [6.45, 7) is 0.976. The van der Waals surface area contributed by atoms with E-state index in [1.807, 2.05) is 0 Å². The molecule has 2 aliphatic rings. The molecule has 1 saturated carbocycles. The average molecular weight is 322 g/mol. The number of halogens is 1. The van der Waals surface area contributed by atoms with E-state index in [4.69, 9.17) is 16.3 Å². The van der Waals surface area contributed by atoms with Gasteiger partial charge in [0.15, 0.2) is 6.23 Å². The quantitative estimate of drug-likeness (QED) is 0.731.